The van der Waals surface area contributed by atoms with Gasteiger partial charge in [-0.1, -0.05) is 6.92 Å². The molecule has 5 rings (SSSR count). The Morgan fingerprint density at radius 2 is 2.06 bits per heavy atom. The van der Waals surface area contributed by atoms with Crippen molar-refractivity contribution in [1.29, 1.82) is 5.26 Å². The number of nitriles is 1. The van der Waals surface area contributed by atoms with Gasteiger partial charge < -0.3 is 10.3 Å². The van der Waals surface area contributed by atoms with Gasteiger partial charge in [0, 0.05) is 47.8 Å². The number of nitrogens with one attached hydrogen (secondary N) is 2. The van der Waals surface area contributed by atoms with Crippen molar-refractivity contribution in [2.45, 2.75) is 20.3 Å². The molecular formula is C24H20FN7. The Kier molecular flexibility index (Phi) is 4.79. The van der Waals surface area contributed by atoms with Crippen LogP contribution in [0.25, 0.3) is 38.8 Å². The zero-order valence-electron chi connectivity index (χ0n) is 17.6. The molecule has 0 saturated heterocycles. The molecule has 0 aliphatic heterocycles. The Morgan fingerprint density at radius 3 is 2.81 bits per heavy atom. The summed E-state index contributed by atoms with van der Waals surface area (Å²) in [7, 11) is 0. The lowest BCUT2D eigenvalue weighted by Crippen LogP contribution is -2.01. The normalized spacial score (nSPS) is 11.2. The van der Waals surface area contributed by atoms with Gasteiger partial charge in [-0.2, -0.15) is 10.4 Å². The average Bonchev–Trinajstić information content (AvgIpc) is 3.43. The number of nitrogens with zero attached hydrogens (tertiary/aromatic N) is 5. The Balaban J connectivity index is 1.91. The lowest BCUT2D eigenvalue weighted by atomic mass is 10.0. The molecule has 1 aromatic carbocycles. The molecule has 0 atom stereocenters. The van der Waals surface area contributed by atoms with Crippen LogP contribution in [0.1, 0.15) is 25.1 Å². The molecule has 0 aliphatic rings. The van der Waals surface area contributed by atoms with Crippen LogP contribution in [-0.2, 0) is 6.42 Å². The Bertz CT molecular complexity index is 1510. The smallest absolute Gasteiger partial charge is 0.140 e. The third kappa shape index (κ3) is 3.15. The fraction of sp³-hybridized carbons (Fsp3) is 0.167. The van der Waals surface area contributed by atoms with Gasteiger partial charge in [0.1, 0.15) is 17.5 Å². The summed E-state index contributed by atoms with van der Waals surface area (Å²) in [6.45, 7) is 4.66. The van der Waals surface area contributed by atoms with E-state index in [4.69, 9.17) is 5.10 Å². The molecule has 0 unspecified atom stereocenters. The summed E-state index contributed by atoms with van der Waals surface area (Å²) in [5.41, 5.74) is 5.71. The van der Waals surface area contributed by atoms with E-state index in [1.54, 1.807) is 23.1 Å². The largest absolute Gasteiger partial charge is 0.384 e. The molecule has 0 radical (unpaired) electrons. The van der Waals surface area contributed by atoms with Crippen molar-refractivity contribution in [2.24, 2.45) is 0 Å². The number of H-pyrrole nitrogens is 1. The average molecular weight is 425 g/mol. The van der Waals surface area contributed by atoms with Gasteiger partial charge in [0.2, 0.25) is 0 Å². The topological polar surface area (TPSA) is 95.2 Å². The van der Waals surface area contributed by atoms with Crippen LogP contribution < -0.4 is 5.32 Å². The SMILES string of the molecule is CCNc1cc(F)cc2c1[nH]c1ncc(-c3cncc(C#N)c3)c(-n3ccc(CC)n3)c12. The van der Waals surface area contributed by atoms with E-state index in [0.29, 0.717) is 28.8 Å². The molecule has 158 valence electrons. The van der Waals surface area contributed by atoms with Gasteiger partial charge in [-0.25, -0.2) is 14.1 Å². The van der Waals surface area contributed by atoms with Crippen LogP contribution in [0.3, 0.4) is 0 Å². The lowest BCUT2D eigenvalue weighted by molar-refractivity contribution is 0.630. The summed E-state index contributed by atoms with van der Waals surface area (Å²) in [5, 5.41) is 18.8. The Labute approximate surface area is 183 Å². The van der Waals surface area contributed by atoms with Crippen molar-refractivity contribution >= 4 is 27.6 Å². The van der Waals surface area contributed by atoms with E-state index in [1.807, 2.05) is 26.1 Å². The molecule has 0 saturated carbocycles. The van der Waals surface area contributed by atoms with Crippen LogP contribution in [0.15, 0.2) is 49.1 Å². The lowest BCUT2D eigenvalue weighted by Gasteiger charge is -2.12. The van der Waals surface area contributed by atoms with Crippen molar-refractivity contribution in [2.75, 3.05) is 11.9 Å². The van der Waals surface area contributed by atoms with Crippen LogP contribution in [0.4, 0.5) is 10.1 Å². The molecule has 5 aromatic rings. The second-order valence-corrected chi connectivity index (χ2v) is 7.45. The molecule has 0 aliphatic carbocycles. The van der Waals surface area contributed by atoms with Crippen molar-refractivity contribution in [3.05, 3.63) is 66.1 Å². The fourth-order valence-electron chi connectivity index (χ4n) is 4.01. The summed E-state index contributed by atoms with van der Waals surface area (Å²) in [6.07, 6.45) is 7.62. The second kappa shape index (κ2) is 7.78. The fourth-order valence-corrected chi connectivity index (χ4v) is 4.01. The number of anilines is 1. The number of aromatic nitrogens is 5. The first-order chi connectivity index (χ1) is 15.6. The summed E-state index contributed by atoms with van der Waals surface area (Å²) < 4.78 is 16.4. The van der Waals surface area contributed by atoms with Gasteiger partial charge in [-0.05, 0) is 37.6 Å². The predicted octanol–water partition coefficient (Wildman–Crippen LogP) is 4.97. The molecule has 32 heavy (non-hydrogen) atoms. The summed E-state index contributed by atoms with van der Waals surface area (Å²) >= 11 is 0. The minimum atomic E-state index is -0.339. The highest BCUT2D eigenvalue weighted by Gasteiger charge is 2.20. The first-order valence-corrected chi connectivity index (χ1v) is 10.4. The van der Waals surface area contributed by atoms with Crippen LogP contribution in [0.2, 0.25) is 0 Å². The zero-order chi connectivity index (χ0) is 22.2. The summed E-state index contributed by atoms with van der Waals surface area (Å²) in [4.78, 5) is 12.2. The minimum absolute atomic E-state index is 0.339. The summed E-state index contributed by atoms with van der Waals surface area (Å²) in [5.74, 6) is -0.339. The maximum atomic E-state index is 14.6. The van der Waals surface area contributed by atoms with Crippen LogP contribution in [0, 0.1) is 17.1 Å². The number of halogens is 1. The number of hydrogen-bond acceptors (Lipinski definition) is 5. The molecule has 0 fully saturated rings. The number of aryl methyl sites for hydroxylation is 1. The van der Waals surface area contributed by atoms with Gasteiger partial charge >= 0.3 is 0 Å². The standard InChI is InChI=1S/C24H20FN7/c1-3-17-5-6-32(31-17)23-19(15-7-14(10-26)11-27-12-15)13-29-24-21(23)18-8-16(25)9-20(28-4-2)22(18)30-24/h5-9,11-13,28H,3-4H2,1-2H3,(H,29,30). The van der Waals surface area contributed by atoms with Gasteiger partial charge in [0.05, 0.1) is 33.5 Å². The van der Waals surface area contributed by atoms with Gasteiger partial charge in [-0.15, -0.1) is 0 Å². The maximum absolute atomic E-state index is 14.6. The maximum Gasteiger partial charge on any atom is 0.140 e. The molecule has 4 aromatic heterocycles. The molecule has 7 nitrogen and oxygen atoms in total. The van der Waals surface area contributed by atoms with Crippen molar-refractivity contribution < 1.29 is 4.39 Å². The quantitative estimate of drug-likeness (QED) is 0.415. The first kappa shape index (κ1) is 19.7. The first-order valence-electron chi connectivity index (χ1n) is 10.4. The van der Waals surface area contributed by atoms with E-state index in [0.717, 1.165) is 39.8 Å². The number of benzene rings is 1. The second-order valence-electron chi connectivity index (χ2n) is 7.45. The number of pyridine rings is 2. The van der Waals surface area contributed by atoms with Crippen molar-refractivity contribution in [1.82, 2.24) is 24.7 Å². The minimum Gasteiger partial charge on any atom is -0.384 e. The van der Waals surface area contributed by atoms with Gasteiger partial charge in [0.25, 0.3) is 0 Å². The number of hydrogen-bond donors (Lipinski definition) is 2. The van der Waals surface area contributed by atoms with Crippen LogP contribution in [0.5, 0.6) is 0 Å². The number of aromatic amines is 1. The van der Waals surface area contributed by atoms with Gasteiger partial charge in [0.15, 0.2) is 0 Å². The highest BCUT2D eigenvalue weighted by Crippen LogP contribution is 2.38. The molecule has 0 bridgehead atoms. The van der Waals surface area contributed by atoms with E-state index in [2.05, 4.69) is 26.3 Å². The van der Waals surface area contributed by atoms with Crippen molar-refractivity contribution in [3.8, 4) is 22.9 Å². The Hall–Kier alpha value is -4.25. The van der Waals surface area contributed by atoms with E-state index in [9.17, 15) is 9.65 Å². The van der Waals surface area contributed by atoms with E-state index in [-0.39, 0.29) is 5.82 Å². The van der Waals surface area contributed by atoms with Crippen molar-refractivity contribution in [3.63, 3.8) is 0 Å². The Morgan fingerprint density at radius 1 is 1.19 bits per heavy atom. The van der Waals surface area contributed by atoms with Crippen LogP contribution in [-0.4, -0.2) is 31.3 Å². The van der Waals surface area contributed by atoms with E-state index >= 15 is 0 Å². The molecule has 4 heterocycles. The third-order valence-electron chi connectivity index (χ3n) is 5.45. The van der Waals surface area contributed by atoms with E-state index in [1.165, 1.54) is 18.3 Å². The molecular weight excluding hydrogens is 405 g/mol. The highest BCUT2D eigenvalue weighted by molar-refractivity contribution is 6.15. The van der Waals surface area contributed by atoms with Gasteiger partial charge in [-0.3, -0.25) is 4.98 Å². The zero-order valence-corrected chi connectivity index (χ0v) is 17.6. The highest BCUT2D eigenvalue weighted by atomic mass is 19.1. The van der Waals surface area contributed by atoms with E-state index < -0.39 is 0 Å². The van der Waals surface area contributed by atoms with Crippen LogP contribution >= 0.6 is 0 Å². The molecule has 2 N–H and O–H groups in total. The number of rotatable bonds is 5. The molecule has 0 spiro atoms. The molecule has 8 heteroatoms. The molecule has 0 amide bonds. The number of fused-ring (bicyclic) bond motifs is 3. The monoisotopic (exact) mass is 425 g/mol. The summed E-state index contributed by atoms with van der Waals surface area (Å²) in [6, 6.07) is 8.85. The predicted molar refractivity (Wildman–Crippen MR) is 122 cm³/mol. The third-order valence-corrected chi connectivity index (χ3v) is 5.45.